The molecular weight excluding hydrogens is 382 g/mol. The molecule has 30 heavy (non-hydrogen) atoms. The zero-order valence-electron chi connectivity index (χ0n) is 17.1. The molecule has 2 aliphatic heterocycles. The molecule has 3 amide bonds. The molecule has 1 atom stereocenters. The first-order valence-corrected chi connectivity index (χ1v) is 10.5. The topological polar surface area (TPSA) is 79.9 Å². The Kier molecular flexibility index (Phi) is 6.07. The number of hydrogen-bond donors (Lipinski definition) is 2. The molecule has 0 aromatic heterocycles. The predicted octanol–water partition coefficient (Wildman–Crippen LogP) is 3.62. The van der Waals surface area contributed by atoms with E-state index in [9.17, 15) is 9.59 Å². The standard InChI is InChI=1S/C23H27N3O4/c1-2-24-23(28)26-10-4-7-18(15-26)16-5-3-6-17(13-16)22(27)25-19-8-9-20-21(14-19)30-12-11-29-20/h3,5-6,8-9,13-14,18H,2,4,7,10-12,15H2,1H3,(H,24,28)(H,25,27). The highest BCUT2D eigenvalue weighted by Crippen LogP contribution is 2.33. The number of carbonyl (C=O) groups excluding carboxylic acids is 2. The Balaban J connectivity index is 1.45. The van der Waals surface area contributed by atoms with Crippen LogP contribution in [0.4, 0.5) is 10.5 Å². The molecule has 1 unspecified atom stereocenters. The van der Waals surface area contributed by atoms with Crippen molar-refractivity contribution in [3.8, 4) is 11.5 Å². The van der Waals surface area contributed by atoms with E-state index in [-0.39, 0.29) is 17.9 Å². The minimum Gasteiger partial charge on any atom is -0.486 e. The average molecular weight is 409 g/mol. The SMILES string of the molecule is CCNC(=O)N1CCCC(c2cccc(C(=O)Nc3ccc4c(c3)OCCO4)c2)C1. The van der Waals surface area contributed by atoms with E-state index in [1.165, 1.54) is 0 Å². The molecule has 7 nitrogen and oxygen atoms in total. The summed E-state index contributed by atoms with van der Waals surface area (Å²) < 4.78 is 11.1. The number of nitrogens with one attached hydrogen (secondary N) is 2. The van der Waals surface area contributed by atoms with Crippen LogP contribution in [-0.4, -0.2) is 49.7 Å². The lowest BCUT2D eigenvalue weighted by Crippen LogP contribution is -2.44. The molecule has 2 aliphatic rings. The molecule has 4 rings (SSSR count). The van der Waals surface area contributed by atoms with Crippen molar-refractivity contribution >= 4 is 17.6 Å². The minimum atomic E-state index is -0.176. The zero-order chi connectivity index (χ0) is 20.9. The average Bonchev–Trinajstić information content (AvgIpc) is 2.79. The molecule has 0 radical (unpaired) electrons. The molecule has 0 bridgehead atoms. The fourth-order valence-corrected chi connectivity index (χ4v) is 3.95. The smallest absolute Gasteiger partial charge is 0.317 e. The van der Waals surface area contributed by atoms with Crippen LogP contribution in [0.2, 0.25) is 0 Å². The fourth-order valence-electron chi connectivity index (χ4n) is 3.95. The molecule has 1 saturated heterocycles. The van der Waals surface area contributed by atoms with Gasteiger partial charge in [0.1, 0.15) is 13.2 Å². The van der Waals surface area contributed by atoms with Crippen molar-refractivity contribution < 1.29 is 19.1 Å². The van der Waals surface area contributed by atoms with Gasteiger partial charge in [-0.25, -0.2) is 4.79 Å². The summed E-state index contributed by atoms with van der Waals surface area (Å²) in [5, 5.41) is 5.80. The van der Waals surface area contributed by atoms with Crippen LogP contribution in [0.25, 0.3) is 0 Å². The summed E-state index contributed by atoms with van der Waals surface area (Å²) in [6.07, 6.45) is 1.96. The van der Waals surface area contributed by atoms with Gasteiger partial charge in [0, 0.05) is 42.9 Å². The predicted molar refractivity (Wildman–Crippen MR) is 114 cm³/mol. The van der Waals surface area contributed by atoms with Gasteiger partial charge in [-0.1, -0.05) is 12.1 Å². The van der Waals surface area contributed by atoms with Gasteiger partial charge < -0.3 is 25.0 Å². The van der Waals surface area contributed by atoms with Crippen molar-refractivity contribution in [3.63, 3.8) is 0 Å². The van der Waals surface area contributed by atoms with E-state index in [1.54, 1.807) is 24.3 Å². The van der Waals surface area contributed by atoms with Crippen LogP contribution < -0.4 is 20.1 Å². The second-order valence-corrected chi connectivity index (χ2v) is 7.56. The molecule has 0 aliphatic carbocycles. The highest BCUT2D eigenvalue weighted by Gasteiger charge is 2.25. The van der Waals surface area contributed by atoms with Crippen LogP contribution in [0.3, 0.4) is 0 Å². The Bertz CT molecular complexity index is 930. The molecule has 7 heteroatoms. The molecule has 0 spiro atoms. The van der Waals surface area contributed by atoms with E-state index in [4.69, 9.17) is 9.47 Å². The maximum Gasteiger partial charge on any atom is 0.317 e. The number of rotatable bonds is 4. The van der Waals surface area contributed by atoms with Gasteiger partial charge >= 0.3 is 6.03 Å². The largest absolute Gasteiger partial charge is 0.486 e. The van der Waals surface area contributed by atoms with Gasteiger partial charge in [-0.15, -0.1) is 0 Å². The Hall–Kier alpha value is -3.22. The number of urea groups is 1. The van der Waals surface area contributed by atoms with Gasteiger partial charge in [-0.05, 0) is 49.6 Å². The van der Waals surface area contributed by atoms with E-state index in [0.29, 0.717) is 49.1 Å². The molecule has 2 N–H and O–H groups in total. The van der Waals surface area contributed by atoms with Crippen LogP contribution in [-0.2, 0) is 0 Å². The second-order valence-electron chi connectivity index (χ2n) is 7.56. The third kappa shape index (κ3) is 4.50. The summed E-state index contributed by atoms with van der Waals surface area (Å²) in [7, 11) is 0. The summed E-state index contributed by atoms with van der Waals surface area (Å²) in [5.74, 6) is 1.38. The summed E-state index contributed by atoms with van der Waals surface area (Å²) >= 11 is 0. The number of carbonyl (C=O) groups is 2. The van der Waals surface area contributed by atoms with Crippen molar-refractivity contribution in [1.29, 1.82) is 0 Å². The number of anilines is 1. The summed E-state index contributed by atoms with van der Waals surface area (Å²) in [6.45, 7) is 5.01. The Morgan fingerprint density at radius 2 is 1.93 bits per heavy atom. The lowest BCUT2D eigenvalue weighted by atomic mass is 9.89. The number of fused-ring (bicyclic) bond motifs is 1. The molecule has 2 aromatic carbocycles. The van der Waals surface area contributed by atoms with Crippen LogP contribution >= 0.6 is 0 Å². The molecule has 2 aromatic rings. The first-order chi connectivity index (χ1) is 14.6. The van der Waals surface area contributed by atoms with Gasteiger partial charge in [-0.3, -0.25) is 4.79 Å². The van der Waals surface area contributed by atoms with Crippen LogP contribution in [0.15, 0.2) is 42.5 Å². The maximum atomic E-state index is 12.8. The van der Waals surface area contributed by atoms with Crippen molar-refractivity contribution in [2.24, 2.45) is 0 Å². The quantitative estimate of drug-likeness (QED) is 0.808. The fraction of sp³-hybridized carbons (Fsp3) is 0.391. The number of likely N-dealkylation sites (tertiary alicyclic amines) is 1. The molecule has 0 saturated carbocycles. The Labute approximate surface area is 176 Å². The van der Waals surface area contributed by atoms with E-state index < -0.39 is 0 Å². The first-order valence-electron chi connectivity index (χ1n) is 10.5. The van der Waals surface area contributed by atoms with E-state index in [0.717, 1.165) is 24.9 Å². The van der Waals surface area contributed by atoms with Crippen molar-refractivity contribution in [2.45, 2.75) is 25.7 Å². The number of piperidine rings is 1. The van der Waals surface area contributed by atoms with Crippen molar-refractivity contribution in [2.75, 3.05) is 38.2 Å². The van der Waals surface area contributed by atoms with Gasteiger partial charge in [0.25, 0.3) is 5.91 Å². The first kappa shape index (κ1) is 20.1. The Morgan fingerprint density at radius 1 is 1.10 bits per heavy atom. The lowest BCUT2D eigenvalue weighted by molar-refractivity contribution is 0.102. The normalized spacial score (nSPS) is 17.9. The highest BCUT2D eigenvalue weighted by atomic mass is 16.6. The molecule has 158 valence electrons. The Morgan fingerprint density at radius 3 is 2.77 bits per heavy atom. The van der Waals surface area contributed by atoms with Gasteiger partial charge in [0.2, 0.25) is 0 Å². The molecule has 1 fully saturated rings. The molecule has 2 heterocycles. The van der Waals surface area contributed by atoms with E-state index in [1.807, 2.05) is 30.0 Å². The summed E-state index contributed by atoms with van der Waals surface area (Å²) in [4.78, 5) is 26.9. The number of amides is 3. The molecular formula is C23H27N3O4. The van der Waals surface area contributed by atoms with Crippen molar-refractivity contribution in [3.05, 3.63) is 53.6 Å². The second kappa shape index (κ2) is 9.07. The van der Waals surface area contributed by atoms with Gasteiger partial charge in [0.15, 0.2) is 11.5 Å². The number of hydrogen-bond acceptors (Lipinski definition) is 4. The van der Waals surface area contributed by atoms with Gasteiger partial charge in [-0.2, -0.15) is 0 Å². The van der Waals surface area contributed by atoms with Crippen LogP contribution in [0.5, 0.6) is 11.5 Å². The number of ether oxygens (including phenoxy) is 2. The summed E-state index contributed by atoms with van der Waals surface area (Å²) in [5.41, 5.74) is 2.34. The third-order valence-corrected chi connectivity index (χ3v) is 5.46. The summed E-state index contributed by atoms with van der Waals surface area (Å²) in [6, 6.07) is 13.0. The minimum absolute atomic E-state index is 0.0188. The highest BCUT2D eigenvalue weighted by molar-refractivity contribution is 6.04. The van der Waals surface area contributed by atoms with Crippen LogP contribution in [0, 0.1) is 0 Å². The number of benzene rings is 2. The monoisotopic (exact) mass is 409 g/mol. The van der Waals surface area contributed by atoms with E-state index >= 15 is 0 Å². The van der Waals surface area contributed by atoms with Crippen molar-refractivity contribution in [1.82, 2.24) is 10.2 Å². The van der Waals surface area contributed by atoms with E-state index in [2.05, 4.69) is 10.6 Å². The van der Waals surface area contributed by atoms with Gasteiger partial charge in [0.05, 0.1) is 0 Å². The lowest BCUT2D eigenvalue weighted by Gasteiger charge is -2.33. The zero-order valence-corrected chi connectivity index (χ0v) is 17.1. The maximum absolute atomic E-state index is 12.8. The van der Waals surface area contributed by atoms with Crippen LogP contribution in [0.1, 0.15) is 41.6 Å². The third-order valence-electron chi connectivity index (χ3n) is 5.46. The number of nitrogens with zero attached hydrogens (tertiary/aromatic N) is 1.